The first kappa shape index (κ1) is 20.8. The van der Waals surface area contributed by atoms with Crippen molar-refractivity contribution in [2.75, 3.05) is 29.9 Å². The van der Waals surface area contributed by atoms with Crippen LogP contribution in [0.5, 0.6) is 5.75 Å². The van der Waals surface area contributed by atoms with Crippen LogP contribution in [-0.2, 0) is 9.53 Å². The predicted octanol–water partition coefficient (Wildman–Crippen LogP) is 2.66. The molecule has 2 aromatic heterocycles. The molecule has 10 nitrogen and oxygen atoms in total. The second-order valence-electron chi connectivity index (χ2n) is 7.89. The molecule has 0 atom stereocenters. The SMILES string of the molecule is Cc1ccc(Nc2ncnc3c2OCC(=O)N3C2CCN(C(=O)OC(C)C)CC2)cn1. The van der Waals surface area contributed by atoms with Gasteiger partial charge in [0.2, 0.25) is 5.75 Å². The molecule has 1 N–H and O–H groups in total. The number of fused-ring (bicyclic) bond motifs is 1. The fourth-order valence-electron chi connectivity index (χ4n) is 3.72. The third-order valence-electron chi connectivity index (χ3n) is 5.22. The van der Waals surface area contributed by atoms with Crippen LogP contribution in [0, 0.1) is 6.92 Å². The van der Waals surface area contributed by atoms with Gasteiger partial charge in [-0.2, -0.15) is 0 Å². The third kappa shape index (κ3) is 4.52. The van der Waals surface area contributed by atoms with Crippen LogP contribution in [0.4, 0.5) is 22.1 Å². The summed E-state index contributed by atoms with van der Waals surface area (Å²) in [7, 11) is 0. The number of aromatic nitrogens is 3. The van der Waals surface area contributed by atoms with E-state index >= 15 is 0 Å². The fourth-order valence-corrected chi connectivity index (χ4v) is 3.72. The molecule has 1 fully saturated rings. The van der Waals surface area contributed by atoms with E-state index in [1.54, 1.807) is 16.0 Å². The largest absolute Gasteiger partial charge is 0.476 e. The number of hydrogen-bond acceptors (Lipinski definition) is 8. The predicted molar refractivity (Wildman–Crippen MR) is 113 cm³/mol. The summed E-state index contributed by atoms with van der Waals surface area (Å²) in [6, 6.07) is 3.71. The second-order valence-corrected chi connectivity index (χ2v) is 7.89. The molecule has 2 aliphatic rings. The smallest absolute Gasteiger partial charge is 0.410 e. The zero-order valence-corrected chi connectivity index (χ0v) is 17.9. The Hall–Kier alpha value is -3.43. The molecule has 31 heavy (non-hydrogen) atoms. The van der Waals surface area contributed by atoms with E-state index in [-0.39, 0.29) is 30.8 Å². The maximum atomic E-state index is 12.7. The van der Waals surface area contributed by atoms with Crippen molar-refractivity contribution in [2.45, 2.75) is 45.8 Å². The number of aryl methyl sites for hydroxylation is 1. The lowest BCUT2D eigenvalue weighted by Gasteiger charge is -2.39. The highest BCUT2D eigenvalue weighted by Crippen LogP contribution is 2.38. The number of anilines is 3. The first-order valence-electron chi connectivity index (χ1n) is 10.4. The number of piperidine rings is 1. The van der Waals surface area contributed by atoms with Crippen LogP contribution in [0.1, 0.15) is 32.4 Å². The lowest BCUT2D eigenvalue weighted by molar-refractivity contribution is -0.122. The molecular weight excluding hydrogens is 400 g/mol. The minimum Gasteiger partial charge on any atom is -0.476 e. The molecule has 2 aromatic rings. The number of ether oxygens (including phenoxy) is 2. The molecule has 0 radical (unpaired) electrons. The molecule has 2 aliphatic heterocycles. The van der Waals surface area contributed by atoms with E-state index in [1.807, 2.05) is 32.9 Å². The Bertz CT molecular complexity index is 957. The van der Waals surface area contributed by atoms with Crippen LogP contribution in [0.3, 0.4) is 0 Å². The molecular formula is C21H26N6O4. The van der Waals surface area contributed by atoms with Crippen molar-refractivity contribution in [1.82, 2.24) is 19.9 Å². The van der Waals surface area contributed by atoms with E-state index in [9.17, 15) is 9.59 Å². The zero-order valence-electron chi connectivity index (χ0n) is 17.9. The Kier molecular flexibility index (Phi) is 5.88. The van der Waals surface area contributed by atoms with Crippen LogP contribution in [-0.4, -0.2) is 63.7 Å². The van der Waals surface area contributed by atoms with Crippen LogP contribution >= 0.6 is 0 Å². The summed E-state index contributed by atoms with van der Waals surface area (Å²) in [4.78, 5) is 41.2. The summed E-state index contributed by atoms with van der Waals surface area (Å²) < 4.78 is 11.0. The van der Waals surface area contributed by atoms with Gasteiger partial charge in [0.25, 0.3) is 5.91 Å². The molecule has 0 aromatic carbocycles. The summed E-state index contributed by atoms with van der Waals surface area (Å²) in [6.45, 7) is 6.51. The van der Waals surface area contributed by atoms with Crippen molar-refractivity contribution in [3.8, 4) is 5.75 Å². The molecule has 2 amide bonds. The number of pyridine rings is 1. The van der Waals surface area contributed by atoms with Gasteiger partial charge in [0.1, 0.15) is 6.33 Å². The van der Waals surface area contributed by atoms with Gasteiger partial charge in [0.05, 0.1) is 18.0 Å². The van der Waals surface area contributed by atoms with Gasteiger partial charge < -0.3 is 19.7 Å². The number of carbonyl (C=O) groups excluding carboxylic acids is 2. The van der Waals surface area contributed by atoms with E-state index in [0.717, 1.165) is 11.4 Å². The Morgan fingerprint density at radius 1 is 1.23 bits per heavy atom. The van der Waals surface area contributed by atoms with Crippen molar-refractivity contribution in [1.29, 1.82) is 0 Å². The Labute approximate surface area is 180 Å². The number of amides is 2. The fraction of sp³-hybridized carbons (Fsp3) is 0.476. The normalized spacial score (nSPS) is 16.7. The monoisotopic (exact) mass is 426 g/mol. The third-order valence-corrected chi connectivity index (χ3v) is 5.22. The van der Waals surface area contributed by atoms with Gasteiger partial charge in [-0.15, -0.1) is 0 Å². The van der Waals surface area contributed by atoms with Gasteiger partial charge >= 0.3 is 6.09 Å². The molecule has 0 spiro atoms. The zero-order chi connectivity index (χ0) is 22.0. The van der Waals surface area contributed by atoms with Crippen LogP contribution in [0.25, 0.3) is 0 Å². The van der Waals surface area contributed by atoms with Gasteiger partial charge in [-0.3, -0.25) is 14.7 Å². The molecule has 4 heterocycles. The first-order valence-corrected chi connectivity index (χ1v) is 10.4. The molecule has 4 rings (SSSR count). The molecule has 164 valence electrons. The average molecular weight is 426 g/mol. The standard InChI is InChI=1S/C21H26N6O4/c1-13(2)31-21(29)26-8-6-16(7-9-26)27-17(28)11-30-18-19(23-12-24-20(18)27)25-15-5-4-14(3)22-10-15/h4-5,10,12-13,16H,6-9,11H2,1-3H3,(H,23,24,25). The summed E-state index contributed by atoms with van der Waals surface area (Å²) in [5.74, 6) is 1.20. The highest BCUT2D eigenvalue weighted by molar-refractivity contribution is 5.98. The van der Waals surface area contributed by atoms with Crippen LogP contribution in [0.2, 0.25) is 0 Å². The second kappa shape index (κ2) is 8.75. The Balaban J connectivity index is 1.52. The molecule has 0 bridgehead atoms. The maximum absolute atomic E-state index is 12.7. The number of carbonyl (C=O) groups is 2. The van der Waals surface area contributed by atoms with Crippen molar-refractivity contribution in [2.24, 2.45) is 0 Å². The van der Waals surface area contributed by atoms with Crippen LogP contribution in [0.15, 0.2) is 24.7 Å². The molecule has 0 aliphatic carbocycles. The molecule has 10 heteroatoms. The number of hydrogen-bond donors (Lipinski definition) is 1. The van der Waals surface area contributed by atoms with Gasteiger partial charge in [-0.05, 0) is 45.7 Å². The van der Waals surface area contributed by atoms with Crippen molar-refractivity contribution in [3.05, 3.63) is 30.4 Å². The number of likely N-dealkylation sites (tertiary alicyclic amines) is 1. The van der Waals surface area contributed by atoms with Gasteiger partial charge in [-0.25, -0.2) is 14.8 Å². The molecule has 0 unspecified atom stereocenters. The van der Waals surface area contributed by atoms with E-state index in [1.165, 1.54) is 6.33 Å². The molecule has 1 saturated heterocycles. The van der Waals surface area contributed by atoms with E-state index in [2.05, 4.69) is 20.3 Å². The van der Waals surface area contributed by atoms with E-state index < -0.39 is 0 Å². The van der Waals surface area contributed by atoms with Gasteiger partial charge in [0, 0.05) is 24.8 Å². The lowest BCUT2D eigenvalue weighted by Crippen LogP contribution is -2.52. The highest BCUT2D eigenvalue weighted by Gasteiger charge is 2.37. The Morgan fingerprint density at radius 2 is 2.00 bits per heavy atom. The quantitative estimate of drug-likeness (QED) is 0.795. The topological polar surface area (TPSA) is 110 Å². The number of nitrogens with zero attached hydrogens (tertiary/aromatic N) is 5. The lowest BCUT2D eigenvalue weighted by atomic mass is 10.0. The number of rotatable bonds is 4. The summed E-state index contributed by atoms with van der Waals surface area (Å²) in [5, 5.41) is 3.19. The summed E-state index contributed by atoms with van der Waals surface area (Å²) in [6.07, 6.45) is 3.90. The van der Waals surface area contributed by atoms with Crippen molar-refractivity contribution < 1.29 is 19.1 Å². The minimum absolute atomic E-state index is 0.0814. The number of nitrogens with one attached hydrogen (secondary N) is 1. The molecule has 0 saturated carbocycles. The maximum Gasteiger partial charge on any atom is 0.410 e. The highest BCUT2D eigenvalue weighted by atomic mass is 16.6. The minimum atomic E-state index is -0.317. The summed E-state index contributed by atoms with van der Waals surface area (Å²) in [5.41, 5.74) is 1.67. The summed E-state index contributed by atoms with van der Waals surface area (Å²) >= 11 is 0. The first-order chi connectivity index (χ1) is 14.9. The van der Waals surface area contributed by atoms with Crippen LogP contribution < -0.4 is 15.0 Å². The van der Waals surface area contributed by atoms with Crippen molar-refractivity contribution >= 4 is 29.3 Å². The van der Waals surface area contributed by atoms with Crippen molar-refractivity contribution in [3.63, 3.8) is 0 Å². The van der Waals surface area contributed by atoms with Gasteiger partial charge in [-0.1, -0.05) is 0 Å². The van der Waals surface area contributed by atoms with E-state index in [4.69, 9.17) is 9.47 Å². The average Bonchev–Trinajstić information content (AvgIpc) is 2.75. The van der Waals surface area contributed by atoms with E-state index in [0.29, 0.717) is 43.3 Å². The van der Waals surface area contributed by atoms with Gasteiger partial charge in [0.15, 0.2) is 18.2 Å². The Morgan fingerprint density at radius 3 is 2.68 bits per heavy atom.